The van der Waals surface area contributed by atoms with Crippen molar-refractivity contribution in [2.24, 2.45) is 17.8 Å². The molecule has 0 aromatic heterocycles. The SMILES string of the molecule is C[C@@H]1C(=O)OC[C@H]2C[C@@H]3OC(C)(C)O[C@@H]3[C@H]21. The molecular weight excluding hydrogens is 208 g/mol. The van der Waals surface area contributed by atoms with Crippen LogP contribution >= 0.6 is 0 Å². The molecule has 3 aliphatic rings. The Bertz CT molecular complexity index is 325. The van der Waals surface area contributed by atoms with Gasteiger partial charge < -0.3 is 14.2 Å². The van der Waals surface area contributed by atoms with Crippen molar-refractivity contribution in [2.75, 3.05) is 6.61 Å². The van der Waals surface area contributed by atoms with Crippen LogP contribution in [0, 0.1) is 17.8 Å². The summed E-state index contributed by atoms with van der Waals surface area (Å²) < 4.78 is 17.0. The molecule has 4 nitrogen and oxygen atoms in total. The van der Waals surface area contributed by atoms with Crippen molar-refractivity contribution in [1.29, 1.82) is 0 Å². The second kappa shape index (κ2) is 3.20. The average Bonchev–Trinajstić information content (AvgIpc) is 2.63. The Morgan fingerprint density at radius 3 is 2.81 bits per heavy atom. The fraction of sp³-hybridized carbons (Fsp3) is 0.917. The van der Waals surface area contributed by atoms with Gasteiger partial charge in [-0.1, -0.05) is 6.92 Å². The fourth-order valence-corrected chi connectivity index (χ4v) is 3.45. The number of carbonyl (C=O) groups is 1. The predicted octanol–water partition coefficient (Wildman–Crippen LogP) is 1.34. The van der Waals surface area contributed by atoms with Crippen LogP contribution in [0.25, 0.3) is 0 Å². The lowest BCUT2D eigenvalue weighted by Crippen LogP contribution is -2.41. The zero-order chi connectivity index (χ0) is 11.5. The van der Waals surface area contributed by atoms with Crippen LogP contribution in [0.5, 0.6) is 0 Å². The number of fused-ring (bicyclic) bond motifs is 3. The highest BCUT2D eigenvalue weighted by molar-refractivity contribution is 5.73. The number of carbonyl (C=O) groups excluding carboxylic acids is 1. The number of hydrogen-bond donors (Lipinski definition) is 0. The van der Waals surface area contributed by atoms with Crippen LogP contribution in [-0.2, 0) is 19.0 Å². The monoisotopic (exact) mass is 226 g/mol. The van der Waals surface area contributed by atoms with E-state index in [2.05, 4.69) is 0 Å². The molecular formula is C12H18O4. The van der Waals surface area contributed by atoms with Crippen molar-refractivity contribution in [1.82, 2.24) is 0 Å². The lowest BCUT2D eigenvalue weighted by molar-refractivity contribution is -0.182. The van der Waals surface area contributed by atoms with Crippen LogP contribution in [-0.4, -0.2) is 30.6 Å². The fourth-order valence-electron chi connectivity index (χ4n) is 3.45. The minimum absolute atomic E-state index is 0.0637. The zero-order valence-electron chi connectivity index (χ0n) is 9.93. The summed E-state index contributed by atoms with van der Waals surface area (Å²) in [6.07, 6.45) is 1.17. The predicted molar refractivity (Wildman–Crippen MR) is 55.5 cm³/mol. The van der Waals surface area contributed by atoms with E-state index in [1.807, 2.05) is 20.8 Å². The first-order valence-corrected chi connectivity index (χ1v) is 6.00. The molecule has 1 aliphatic carbocycles. The van der Waals surface area contributed by atoms with Crippen molar-refractivity contribution in [2.45, 2.75) is 45.2 Å². The van der Waals surface area contributed by atoms with Gasteiger partial charge in [0.25, 0.3) is 0 Å². The van der Waals surface area contributed by atoms with Crippen molar-refractivity contribution in [3.8, 4) is 0 Å². The summed E-state index contributed by atoms with van der Waals surface area (Å²) in [5, 5.41) is 0. The summed E-state index contributed by atoms with van der Waals surface area (Å²) in [4.78, 5) is 11.6. The van der Waals surface area contributed by atoms with Gasteiger partial charge >= 0.3 is 5.97 Å². The molecule has 0 N–H and O–H groups in total. The van der Waals surface area contributed by atoms with Crippen molar-refractivity contribution >= 4 is 5.97 Å². The van der Waals surface area contributed by atoms with Gasteiger partial charge in [-0.05, 0) is 20.3 Å². The van der Waals surface area contributed by atoms with Crippen molar-refractivity contribution in [3.05, 3.63) is 0 Å². The Labute approximate surface area is 95.2 Å². The van der Waals surface area contributed by atoms with Gasteiger partial charge in [-0.25, -0.2) is 0 Å². The van der Waals surface area contributed by atoms with E-state index in [0.717, 1.165) is 6.42 Å². The first-order valence-electron chi connectivity index (χ1n) is 6.00. The van der Waals surface area contributed by atoms with E-state index in [1.165, 1.54) is 0 Å². The smallest absolute Gasteiger partial charge is 0.309 e. The third-order valence-electron chi connectivity index (χ3n) is 4.07. The second-order valence-electron chi connectivity index (χ2n) is 5.63. The lowest BCUT2D eigenvalue weighted by Gasteiger charge is -2.33. The molecule has 4 heteroatoms. The third kappa shape index (κ3) is 1.39. The Morgan fingerprint density at radius 2 is 2.06 bits per heavy atom. The summed E-state index contributed by atoms with van der Waals surface area (Å²) in [7, 11) is 0. The molecule has 0 spiro atoms. The molecule has 1 saturated carbocycles. The van der Waals surface area contributed by atoms with Crippen LogP contribution < -0.4 is 0 Å². The van der Waals surface area contributed by atoms with Gasteiger partial charge in [0.2, 0.25) is 0 Å². The number of hydrogen-bond acceptors (Lipinski definition) is 4. The maximum atomic E-state index is 11.6. The molecule has 16 heavy (non-hydrogen) atoms. The molecule has 3 fully saturated rings. The first-order chi connectivity index (χ1) is 7.48. The van der Waals surface area contributed by atoms with Crippen LogP contribution in [0.3, 0.4) is 0 Å². The van der Waals surface area contributed by atoms with Gasteiger partial charge in [0.1, 0.15) is 0 Å². The van der Waals surface area contributed by atoms with Gasteiger partial charge in [-0.2, -0.15) is 0 Å². The molecule has 3 rings (SSSR count). The highest BCUT2D eigenvalue weighted by atomic mass is 16.8. The molecule has 0 bridgehead atoms. The van der Waals surface area contributed by atoms with Crippen molar-refractivity contribution < 1.29 is 19.0 Å². The maximum absolute atomic E-state index is 11.6. The van der Waals surface area contributed by atoms with Crippen LogP contribution in [0.1, 0.15) is 27.2 Å². The Kier molecular flexibility index (Phi) is 2.11. The number of rotatable bonds is 0. The summed E-state index contributed by atoms with van der Waals surface area (Å²) in [5.41, 5.74) is 0. The van der Waals surface area contributed by atoms with E-state index in [0.29, 0.717) is 12.5 Å². The summed E-state index contributed by atoms with van der Waals surface area (Å²) in [5.74, 6) is 0.0368. The molecule has 0 aromatic rings. The van der Waals surface area contributed by atoms with Crippen LogP contribution in [0.2, 0.25) is 0 Å². The lowest BCUT2D eigenvalue weighted by atomic mass is 9.82. The molecule has 2 heterocycles. The van der Waals surface area contributed by atoms with E-state index in [9.17, 15) is 4.79 Å². The van der Waals surface area contributed by atoms with Gasteiger partial charge in [0, 0.05) is 11.8 Å². The highest BCUT2D eigenvalue weighted by Gasteiger charge is 2.57. The standard InChI is InChI=1S/C12H18O4/c1-6-9-7(5-14-11(6)13)4-8-10(9)16-12(2,3)15-8/h6-10H,4-5H2,1-3H3/t6-,7+,8-,9-,10-/m0/s1. The van der Waals surface area contributed by atoms with Crippen LogP contribution in [0.4, 0.5) is 0 Å². The number of esters is 1. The van der Waals surface area contributed by atoms with E-state index in [1.54, 1.807) is 0 Å². The first kappa shape index (κ1) is 10.5. The summed E-state index contributed by atoms with van der Waals surface area (Å²) in [6.45, 7) is 6.35. The van der Waals surface area contributed by atoms with Crippen molar-refractivity contribution in [3.63, 3.8) is 0 Å². The Balaban J connectivity index is 1.85. The topological polar surface area (TPSA) is 44.8 Å². The average molecular weight is 226 g/mol. The van der Waals surface area contributed by atoms with E-state index in [-0.39, 0.29) is 30.0 Å². The highest BCUT2D eigenvalue weighted by Crippen LogP contribution is 2.49. The molecule has 0 unspecified atom stereocenters. The molecule has 5 atom stereocenters. The molecule has 90 valence electrons. The molecule has 0 aromatic carbocycles. The van der Waals surface area contributed by atoms with E-state index >= 15 is 0 Å². The largest absolute Gasteiger partial charge is 0.465 e. The zero-order valence-corrected chi connectivity index (χ0v) is 9.93. The van der Waals surface area contributed by atoms with Gasteiger partial charge in [0.15, 0.2) is 5.79 Å². The van der Waals surface area contributed by atoms with Gasteiger partial charge in [0.05, 0.1) is 24.7 Å². The maximum Gasteiger partial charge on any atom is 0.309 e. The third-order valence-corrected chi connectivity index (χ3v) is 4.07. The Hall–Kier alpha value is -0.610. The molecule has 0 radical (unpaired) electrons. The minimum atomic E-state index is -0.499. The van der Waals surface area contributed by atoms with Gasteiger partial charge in [-0.3, -0.25) is 4.79 Å². The summed E-state index contributed by atoms with van der Waals surface area (Å²) in [6, 6.07) is 0. The summed E-state index contributed by atoms with van der Waals surface area (Å²) >= 11 is 0. The molecule has 2 aliphatic heterocycles. The molecule has 2 saturated heterocycles. The quantitative estimate of drug-likeness (QED) is 0.585. The van der Waals surface area contributed by atoms with Gasteiger partial charge in [-0.15, -0.1) is 0 Å². The minimum Gasteiger partial charge on any atom is -0.465 e. The van der Waals surface area contributed by atoms with Crippen LogP contribution in [0.15, 0.2) is 0 Å². The number of cyclic esters (lactones) is 1. The normalized spacial score (nSPS) is 49.7. The van der Waals surface area contributed by atoms with E-state index in [4.69, 9.17) is 14.2 Å². The Morgan fingerprint density at radius 1 is 1.31 bits per heavy atom. The molecule has 0 amide bonds. The number of ether oxygens (including phenoxy) is 3. The van der Waals surface area contributed by atoms with E-state index < -0.39 is 5.79 Å². The second-order valence-corrected chi connectivity index (χ2v) is 5.63.